The van der Waals surface area contributed by atoms with Crippen LogP contribution in [-0.4, -0.2) is 26.7 Å². The van der Waals surface area contributed by atoms with E-state index in [9.17, 15) is 4.79 Å². The fourth-order valence-corrected chi connectivity index (χ4v) is 2.35. The highest BCUT2D eigenvalue weighted by molar-refractivity contribution is 5.77. The van der Waals surface area contributed by atoms with E-state index in [0.29, 0.717) is 30.2 Å². The third-order valence-corrected chi connectivity index (χ3v) is 3.63. The Kier molecular flexibility index (Phi) is 6.89. The number of carbonyl (C=O) groups excluding carboxylic acids is 1. The Morgan fingerprint density at radius 1 is 1.08 bits per heavy atom. The zero-order valence-electron chi connectivity index (χ0n) is 14.6. The number of hydrogen-bond donors (Lipinski definition) is 1. The van der Waals surface area contributed by atoms with E-state index >= 15 is 0 Å². The number of methoxy groups -OCH3 is 2. The standard InChI is InChI=1S/C20H23NO4/c1-4-7-16-8-5-6-9-17(16)25-14-20(22)21-13-15-10-11-18(23-2)19(12-15)24-3/h4-6,8-12H,1,7,13-14H2,2-3H3,(H,21,22). The first-order valence-corrected chi connectivity index (χ1v) is 7.97. The van der Waals surface area contributed by atoms with Gasteiger partial charge in [0, 0.05) is 6.54 Å². The lowest BCUT2D eigenvalue weighted by atomic mass is 10.1. The van der Waals surface area contributed by atoms with Crippen molar-refractivity contribution < 1.29 is 19.0 Å². The Labute approximate surface area is 148 Å². The molecule has 0 saturated carbocycles. The highest BCUT2D eigenvalue weighted by Crippen LogP contribution is 2.27. The molecule has 0 aromatic heterocycles. The predicted molar refractivity (Wildman–Crippen MR) is 97.2 cm³/mol. The average Bonchev–Trinajstić information content (AvgIpc) is 2.65. The first-order chi connectivity index (χ1) is 12.2. The second-order valence-electron chi connectivity index (χ2n) is 5.36. The minimum absolute atomic E-state index is 0.0402. The van der Waals surface area contributed by atoms with Crippen molar-refractivity contribution in [2.24, 2.45) is 0 Å². The van der Waals surface area contributed by atoms with Crippen LogP contribution in [0.5, 0.6) is 17.2 Å². The van der Waals surface area contributed by atoms with E-state index in [1.54, 1.807) is 20.3 Å². The van der Waals surface area contributed by atoms with Gasteiger partial charge in [-0.05, 0) is 35.7 Å². The van der Waals surface area contributed by atoms with Gasteiger partial charge in [-0.15, -0.1) is 6.58 Å². The summed E-state index contributed by atoms with van der Waals surface area (Å²) in [6.45, 7) is 4.07. The van der Waals surface area contributed by atoms with Gasteiger partial charge in [-0.25, -0.2) is 0 Å². The molecule has 0 atom stereocenters. The lowest BCUT2D eigenvalue weighted by molar-refractivity contribution is -0.123. The van der Waals surface area contributed by atoms with E-state index in [1.165, 1.54) is 0 Å². The molecule has 2 rings (SSSR count). The van der Waals surface area contributed by atoms with Gasteiger partial charge in [0.25, 0.3) is 5.91 Å². The van der Waals surface area contributed by atoms with E-state index in [4.69, 9.17) is 14.2 Å². The van der Waals surface area contributed by atoms with Crippen molar-refractivity contribution in [1.82, 2.24) is 5.32 Å². The average molecular weight is 341 g/mol. The summed E-state index contributed by atoms with van der Waals surface area (Å²) in [7, 11) is 3.16. The summed E-state index contributed by atoms with van der Waals surface area (Å²) in [5.41, 5.74) is 1.92. The number of carbonyl (C=O) groups is 1. The van der Waals surface area contributed by atoms with Crippen LogP contribution < -0.4 is 19.5 Å². The Balaban J connectivity index is 1.88. The molecule has 0 fully saturated rings. The molecule has 25 heavy (non-hydrogen) atoms. The van der Waals surface area contributed by atoms with Crippen molar-refractivity contribution >= 4 is 5.91 Å². The molecule has 0 bridgehead atoms. The Hall–Kier alpha value is -2.95. The van der Waals surface area contributed by atoms with Gasteiger partial charge in [0.1, 0.15) is 5.75 Å². The van der Waals surface area contributed by atoms with E-state index < -0.39 is 0 Å². The molecule has 2 aromatic rings. The van der Waals surface area contributed by atoms with Crippen molar-refractivity contribution in [3.63, 3.8) is 0 Å². The molecule has 0 heterocycles. The smallest absolute Gasteiger partial charge is 0.258 e. The lowest BCUT2D eigenvalue weighted by Crippen LogP contribution is -2.28. The summed E-state index contributed by atoms with van der Waals surface area (Å²) in [6.07, 6.45) is 2.50. The molecule has 2 aromatic carbocycles. The summed E-state index contributed by atoms with van der Waals surface area (Å²) in [5.74, 6) is 1.79. The van der Waals surface area contributed by atoms with Crippen LogP contribution in [0.3, 0.4) is 0 Å². The molecular weight excluding hydrogens is 318 g/mol. The Morgan fingerprint density at radius 2 is 1.84 bits per heavy atom. The molecule has 0 aliphatic heterocycles. The largest absolute Gasteiger partial charge is 0.493 e. The number of rotatable bonds is 9. The number of ether oxygens (including phenoxy) is 3. The summed E-state index contributed by atoms with van der Waals surface area (Å²) < 4.78 is 16.1. The van der Waals surface area contributed by atoms with Crippen LogP contribution in [0.4, 0.5) is 0 Å². The summed E-state index contributed by atoms with van der Waals surface area (Å²) >= 11 is 0. The minimum atomic E-state index is -0.191. The molecule has 0 aliphatic carbocycles. The molecule has 0 radical (unpaired) electrons. The zero-order chi connectivity index (χ0) is 18.1. The summed E-state index contributed by atoms with van der Waals surface area (Å²) in [4.78, 5) is 12.0. The second kappa shape index (κ2) is 9.37. The number of hydrogen-bond acceptors (Lipinski definition) is 4. The molecule has 0 saturated heterocycles. The van der Waals surface area contributed by atoms with E-state index in [2.05, 4.69) is 11.9 Å². The molecule has 5 nitrogen and oxygen atoms in total. The van der Waals surface area contributed by atoms with Crippen LogP contribution in [0.25, 0.3) is 0 Å². The number of para-hydroxylation sites is 1. The Morgan fingerprint density at radius 3 is 2.56 bits per heavy atom. The maximum atomic E-state index is 12.0. The minimum Gasteiger partial charge on any atom is -0.493 e. The molecule has 5 heteroatoms. The third kappa shape index (κ3) is 5.28. The number of amides is 1. The fraction of sp³-hybridized carbons (Fsp3) is 0.250. The molecule has 0 spiro atoms. The molecule has 0 unspecified atom stereocenters. The van der Waals surface area contributed by atoms with Crippen molar-refractivity contribution in [2.45, 2.75) is 13.0 Å². The Bertz CT molecular complexity index is 727. The van der Waals surface area contributed by atoms with Crippen LogP contribution in [0, 0.1) is 0 Å². The van der Waals surface area contributed by atoms with Gasteiger partial charge >= 0.3 is 0 Å². The molecular formula is C20H23NO4. The fourth-order valence-electron chi connectivity index (χ4n) is 2.35. The predicted octanol–water partition coefficient (Wildman–Crippen LogP) is 3.13. The lowest BCUT2D eigenvalue weighted by Gasteiger charge is -2.12. The summed E-state index contributed by atoms with van der Waals surface area (Å²) in [6, 6.07) is 13.1. The van der Waals surface area contributed by atoms with Gasteiger partial charge in [0.05, 0.1) is 14.2 Å². The molecule has 0 aliphatic rings. The van der Waals surface area contributed by atoms with Crippen LogP contribution in [-0.2, 0) is 17.8 Å². The topological polar surface area (TPSA) is 56.8 Å². The SMILES string of the molecule is C=CCc1ccccc1OCC(=O)NCc1ccc(OC)c(OC)c1. The van der Waals surface area contributed by atoms with Crippen molar-refractivity contribution in [3.05, 3.63) is 66.2 Å². The normalized spacial score (nSPS) is 10.0. The van der Waals surface area contributed by atoms with E-state index in [-0.39, 0.29) is 12.5 Å². The van der Waals surface area contributed by atoms with Crippen molar-refractivity contribution in [2.75, 3.05) is 20.8 Å². The maximum Gasteiger partial charge on any atom is 0.258 e. The number of benzene rings is 2. The first-order valence-electron chi connectivity index (χ1n) is 7.97. The van der Waals surface area contributed by atoms with Crippen LogP contribution in [0.15, 0.2) is 55.1 Å². The van der Waals surface area contributed by atoms with Gasteiger partial charge in [0.15, 0.2) is 18.1 Å². The third-order valence-electron chi connectivity index (χ3n) is 3.63. The van der Waals surface area contributed by atoms with E-state index in [0.717, 1.165) is 11.1 Å². The summed E-state index contributed by atoms with van der Waals surface area (Å²) in [5, 5.41) is 2.83. The molecule has 1 amide bonds. The zero-order valence-corrected chi connectivity index (χ0v) is 14.6. The molecule has 1 N–H and O–H groups in total. The van der Waals surface area contributed by atoms with Crippen LogP contribution in [0.1, 0.15) is 11.1 Å². The second-order valence-corrected chi connectivity index (χ2v) is 5.36. The highest BCUT2D eigenvalue weighted by Gasteiger charge is 2.08. The maximum absolute atomic E-state index is 12.0. The van der Waals surface area contributed by atoms with Crippen LogP contribution in [0.2, 0.25) is 0 Å². The van der Waals surface area contributed by atoms with Gasteiger partial charge in [0.2, 0.25) is 0 Å². The monoisotopic (exact) mass is 341 g/mol. The van der Waals surface area contributed by atoms with Crippen LogP contribution >= 0.6 is 0 Å². The highest BCUT2D eigenvalue weighted by atomic mass is 16.5. The quantitative estimate of drug-likeness (QED) is 0.712. The van der Waals surface area contributed by atoms with Crippen molar-refractivity contribution in [1.29, 1.82) is 0 Å². The van der Waals surface area contributed by atoms with E-state index in [1.807, 2.05) is 42.5 Å². The number of allylic oxidation sites excluding steroid dienone is 1. The van der Waals surface area contributed by atoms with Gasteiger partial charge in [-0.1, -0.05) is 30.3 Å². The van der Waals surface area contributed by atoms with Gasteiger partial charge in [-0.2, -0.15) is 0 Å². The number of nitrogens with one attached hydrogen (secondary N) is 1. The van der Waals surface area contributed by atoms with Gasteiger partial charge in [-0.3, -0.25) is 4.79 Å². The molecule has 132 valence electrons. The first kappa shape index (κ1) is 18.4. The van der Waals surface area contributed by atoms with Gasteiger partial charge < -0.3 is 19.5 Å². The van der Waals surface area contributed by atoms with Crippen molar-refractivity contribution in [3.8, 4) is 17.2 Å².